The van der Waals surface area contributed by atoms with Gasteiger partial charge in [-0.1, -0.05) is 26.8 Å². The minimum atomic E-state index is -1.04. The molecule has 1 spiro atoms. The summed E-state index contributed by atoms with van der Waals surface area (Å²) in [7, 11) is 0. The summed E-state index contributed by atoms with van der Waals surface area (Å²) in [6, 6.07) is -0.817. The number of likely N-dealkylation sites (tertiary alicyclic amines) is 1. The largest absolute Gasteiger partial charge is 0.466 e. The highest BCUT2D eigenvalue weighted by Gasteiger charge is 2.75. The minimum absolute atomic E-state index is 0.0143. The molecule has 3 saturated heterocycles. The van der Waals surface area contributed by atoms with Crippen LogP contribution in [0.25, 0.3) is 0 Å². The molecule has 0 saturated carbocycles. The lowest BCUT2D eigenvalue weighted by atomic mass is 9.70. The Morgan fingerprint density at radius 1 is 1.29 bits per heavy atom. The normalized spacial score (nSPS) is 29.9. The fourth-order valence-corrected chi connectivity index (χ4v) is 6.88. The van der Waals surface area contributed by atoms with Crippen molar-refractivity contribution in [3.8, 4) is 0 Å². The number of carbonyl (C=O) groups is 3. The van der Waals surface area contributed by atoms with Gasteiger partial charge in [-0.25, -0.2) is 0 Å². The summed E-state index contributed by atoms with van der Waals surface area (Å²) in [5, 5.41) is 9.32. The maximum absolute atomic E-state index is 14.4. The summed E-state index contributed by atoms with van der Waals surface area (Å²) in [4.78, 5) is 44.6. The minimum Gasteiger partial charge on any atom is -0.466 e. The molecule has 198 valence electrons. The van der Waals surface area contributed by atoms with Crippen molar-refractivity contribution in [3.05, 3.63) is 12.7 Å². The first-order valence-electron chi connectivity index (χ1n) is 13.0. The molecule has 2 bridgehead atoms. The van der Waals surface area contributed by atoms with Gasteiger partial charge in [-0.15, -0.1) is 6.58 Å². The van der Waals surface area contributed by atoms with E-state index in [1.165, 1.54) is 0 Å². The Kier molecular flexibility index (Phi) is 8.07. The number of hydrogen-bond donors (Lipinski definition) is 1. The van der Waals surface area contributed by atoms with Gasteiger partial charge in [0.1, 0.15) is 11.6 Å². The molecule has 1 N–H and O–H groups in total. The van der Waals surface area contributed by atoms with E-state index < -0.39 is 41.1 Å². The molecule has 8 nitrogen and oxygen atoms in total. The molecule has 5 atom stereocenters. The molecule has 35 heavy (non-hydrogen) atoms. The van der Waals surface area contributed by atoms with E-state index in [1.54, 1.807) is 17.9 Å². The van der Waals surface area contributed by atoms with Gasteiger partial charge in [0.05, 0.1) is 24.5 Å². The average molecular weight is 493 g/mol. The van der Waals surface area contributed by atoms with Gasteiger partial charge in [0.15, 0.2) is 0 Å². The second-order valence-electron chi connectivity index (χ2n) is 12.1. The predicted molar refractivity (Wildman–Crippen MR) is 132 cm³/mol. The quantitative estimate of drug-likeness (QED) is 0.271. The van der Waals surface area contributed by atoms with Gasteiger partial charge in [-0.05, 0) is 58.3 Å². The van der Waals surface area contributed by atoms with Gasteiger partial charge in [-0.3, -0.25) is 14.4 Å². The van der Waals surface area contributed by atoms with E-state index in [2.05, 4.69) is 41.2 Å². The number of esters is 1. The molecule has 0 radical (unpaired) electrons. The highest BCUT2D eigenvalue weighted by Crippen LogP contribution is 2.59. The lowest BCUT2D eigenvalue weighted by Gasteiger charge is -2.45. The lowest BCUT2D eigenvalue weighted by molar-refractivity contribution is -0.155. The van der Waals surface area contributed by atoms with E-state index in [9.17, 15) is 19.5 Å². The van der Waals surface area contributed by atoms with Crippen LogP contribution in [0.2, 0.25) is 0 Å². The number of hydrogen-bond acceptors (Lipinski definition) is 6. The maximum Gasteiger partial charge on any atom is 0.312 e. The van der Waals surface area contributed by atoms with Crippen LogP contribution < -0.4 is 0 Å². The molecular weight excluding hydrogens is 448 g/mol. The van der Waals surface area contributed by atoms with E-state index in [4.69, 9.17) is 9.47 Å². The van der Waals surface area contributed by atoms with Gasteiger partial charge < -0.3 is 24.4 Å². The second kappa shape index (κ2) is 10.2. The number of fused-ring (bicyclic) bond motifs is 1. The molecule has 0 aromatic heterocycles. The molecule has 0 aromatic rings. The SMILES string of the molecule is C=CCN(C(=O)[C@H]1N(CCCCO)C(=O)[C@@H]2[C@@H](C(=O)OCC)[C@H]3CC[C@]21O3)C(C)(C)CC(C)(C)C. The summed E-state index contributed by atoms with van der Waals surface area (Å²) < 4.78 is 11.8. The van der Waals surface area contributed by atoms with Crippen molar-refractivity contribution >= 4 is 17.8 Å². The molecule has 2 amide bonds. The van der Waals surface area contributed by atoms with Crippen LogP contribution in [-0.4, -0.2) is 82.3 Å². The van der Waals surface area contributed by atoms with Crippen molar-refractivity contribution in [2.24, 2.45) is 17.3 Å². The molecule has 3 fully saturated rings. The van der Waals surface area contributed by atoms with Crippen molar-refractivity contribution < 1.29 is 29.0 Å². The zero-order chi connectivity index (χ0) is 26.2. The second-order valence-corrected chi connectivity index (χ2v) is 12.1. The van der Waals surface area contributed by atoms with Crippen LogP contribution in [0.15, 0.2) is 12.7 Å². The van der Waals surface area contributed by atoms with E-state index in [0.29, 0.717) is 38.8 Å². The monoisotopic (exact) mass is 492 g/mol. The fraction of sp³-hybridized carbons (Fsp3) is 0.815. The van der Waals surface area contributed by atoms with E-state index in [1.807, 2.05) is 4.90 Å². The molecule has 3 rings (SSSR count). The molecule has 0 aromatic carbocycles. The van der Waals surface area contributed by atoms with E-state index in [-0.39, 0.29) is 30.4 Å². The van der Waals surface area contributed by atoms with Crippen molar-refractivity contribution in [2.75, 3.05) is 26.3 Å². The highest BCUT2D eigenvalue weighted by molar-refractivity contribution is 5.98. The average Bonchev–Trinajstić information content (AvgIpc) is 3.38. The Morgan fingerprint density at radius 3 is 2.54 bits per heavy atom. The number of carbonyl (C=O) groups excluding carboxylic acids is 3. The third-order valence-corrected chi connectivity index (χ3v) is 7.67. The van der Waals surface area contributed by atoms with Gasteiger partial charge in [0, 0.05) is 25.2 Å². The Hall–Kier alpha value is -1.93. The van der Waals surface area contributed by atoms with Gasteiger partial charge in [0.2, 0.25) is 11.8 Å². The zero-order valence-electron chi connectivity index (χ0n) is 22.3. The summed E-state index contributed by atoms with van der Waals surface area (Å²) in [6.07, 6.45) is 4.34. The van der Waals surface area contributed by atoms with Crippen LogP contribution in [0.1, 0.15) is 73.6 Å². The van der Waals surface area contributed by atoms with Gasteiger partial charge in [-0.2, -0.15) is 0 Å². The number of aliphatic hydroxyl groups is 1. The first-order chi connectivity index (χ1) is 16.3. The van der Waals surface area contributed by atoms with Crippen LogP contribution in [0.4, 0.5) is 0 Å². The molecule has 3 aliphatic heterocycles. The third kappa shape index (κ3) is 5.01. The molecule has 3 aliphatic rings. The zero-order valence-corrected chi connectivity index (χ0v) is 22.3. The van der Waals surface area contributed by atoms with Gasteiger partial charge in [0.25, 0.3) is 0 Å². The Morgan fingerprint density at radius 2 is 1.97 bits per heavy atom. The Balaban J connectivity index is 2.04. The molecule has 3 heterocycles. The van der Waals surface area contributed by atoms with Crippen molar-refractivity contribution in [3.63, 3.8) is 0 Å². The first kappa shape index (κ1) is 27.7. The summed E-state index contributed by atoms with van der Waals surface area (Å²) in [5.74, 6) is -2.21. The van der Waals surface area contributed by atoms with E-state index >= 15 is 0 Å². The van der Waals surface area contributed by atoms with Crippen LogP contribution in [0.3, 0.4) is 0 Å². The van der Waals surface area contributed by atoms with Crippen molar-refractivity contribution in [1.82, 2.24) is 9.80 Å². The number of nitrogens with zero attached hydrogens (tertiary/aromatic N) is 2. The Labute approximate surface area is 210 Å². The predicted octanol–water partition coefficient (Wildman–Crippen LogP) is 2.93. The third-order valence-electron chi connectivity index (χ3n) is 7.67. The molecular formula is C27H44N2O6. The fourth-order valence-electron chi connectivity index (χ4n) is 6.88. The molecule has 8 heteroatoms. The summed E-state index contributed by atoms with van der Waals surface area (Å²) in [6.45, 7) is 17.1. The van der Waals surface area contributed by atoms with E-state index in [0.717, 1.165) is 6.42 Å². The molecule has 0 unspecified atom stereocenters. The Bertz CT molecular complexity index is 834. The first-order valence-corrected chi connectivity index (χ1v) is 13.0. The number of rotatable bonds is 11. The molecule has 0 aliphatic carbocycles. The van der Waals surface area contributed by atoms with Crippen molar-refractivity contribution in [1.29, 1.82) is 0 Å². The topological polar surface area (TPSA) is 96.4 Å². The standard InChI is InChI=1S/C27H44N2O6/c1-8-14-29(26(6,7)17-25(3,4)5)23(32)21-27-13-12-18(35-27)19(24(33)34-9-2)20(27)22(31)28(21)15-10-11-16-30/h8,18-21,30H,1,9-17H2,2-7H3/t18-,19+,20+,21-,27+/m1/s1. The number of aliphatic hydroxyl groups excluding tert-OH is 1. The van der Waals surface area contributed by atoms with Crippen molar-refractivity contribution in [2.45, 2.75) is 96.9 Å². The van der Waals surface area contributed by atoms with Crippen LogP contribution in [0, 0.1) is 17.3 Å². The van der Waals surface area contributed by atoms with Crippen LogP contribution >= 0.6 is 0 Å². The van der Waals surface area contributed by atoms with Crippen LogP contribution in [-0.2, 0) is 23.9 Å². The van der Waals surface area contributed by atoms with Crippen LogP contribution in [0.5, 0.6) is 0 Å². The lowest BCUT2D eigenvalue weighted by Crippen LogP contribution is -2.61. The summed E-state index contributed by atoms with van der Waals surface area (Å²) in [5.41, 5.74) is -1.55. The number of ether oxygens (including phenoxy) is 2. The summed E-state index contributed by atoms with van der Waals surface area (Å²) >= 11 is 0. The van der Waals surface area contributed by atoms with Gasteiger partial charge >= 0.3 is 5.97 Å². The smallest absolute Gasteiger partial charge is 0.312 e. The maximum atomic E-state index is 14.4. The highest BCUT2D eigenvalue weighted by atomic mass is 16.6. The number of unbranched alkanes of at least 4 members (excludes halogenated alkanes) is 1. The number of amides is 2.